The molecule has 2 rings (SSSR count). The first-order valence-corrected chi connectivity index (χ1v) is 8.52. The van der Waals surface area contributed by atoms with Crippen LogP contribution in [0.15, 0.2) is 23.1 Å². The zero-order valence-electron chi connectivity index (χ0n) is 12.7. The molecule has 1 aliphatic heterocycles. The van der Waals surface area contributed by atoms with E-state index >= 15 is 0 Å². The predicted molar refractivity (Wildman–Crippen MR) is 79.8 cm³/mol. The van der Waals surface area contributed by atoms with Crippen molar-refractivity contribution in [1.29, 1.82) is 0 Å². The number of β-amino-alcohol motifs (C(OH)–C–C–N with tert-alkyl or cyclic N) is 1. The summed E-state index contributed by atoms with van der Waals surface area (Å²) in [7, 11) is -2.45. The third-order valence-corrected chi connectivity index (χ3v) is 5.52. The molecule has 1 aromatic rings. The average Bonchev–Trinajstić information content (AvgIpc) is 2.47. The van der Waals surface area contributed by atoms with E-state index in [1.54, 1.807) is 6.92 Å². The van der Waals surface area contributed by atoms with Crippen LogP contribution < -0.4 is 4.74 Å². The van der Waals surface area contributed by atoms with Gasteiger partial charge in [-0.15, -0.1) is 0 Å². The molecule has 0 aromatic heterocycles. The molecule has 0 bridgehead atoms. The Bertz CT molecular complexity index is 613. The summed E-state index contributed by atoms with van der Waals surface area (Å²) >= 11 is 0. The van der Waals surface area contributed by atoms with Gasteiger partial charge in [0.2, 0.25) is 10.0 Å². The van der Waals surface area contributed by atoms with Gasteiger partial charge >= 0.3 is 0 Å². The van der Waals surface area contributed by atoms with Gasteiger partial charge in [-0.3, -0.25) is 4.90 Å². The molecule has 0 spiro atoms. The molecule has 0 unspecified atom stereocenters. The van der Waals surface area contributed by atoms with Gasteiger partial charge in [-0.2, -0.15) is 4.31 Å². The summed E-state index contributed by atoms with van der Waals surface area (Å²) in [5.74, 6) is -0.486. The molecule has 1 heterocycles. The molecular weight excluding hydrogens is 311 g/mol. The van der Waals surface area contributed by atoms with Crippen LogP contribution in [0.2, 0.25) is 0 Å². The van der Waals surface area contributed by atoms with E-state index in [9.17, 15) is 17.9 Å². The summed E-state index contributed by atoms with van der Waals surface area (Å²) in [4.78, 5) is 1.85. The van der Waals surface area contributed by atoms with Gasteiger partial charge in [0.25, 0.3) is 0 Å². The Kier molecular flexibility index (Phi) is 5.38. The quantitative estimate of drug-likeness (QED) is 0.851. The maximum atomic E-state index is 13.4. The highest BCUT2D eigenvalue weighted by molar-refractivity contribution is 7.89. The maximum absolute atomic E-state index is 13.4. The Balaban J connectivity index is 2.17. The number of hydrogen-bond acceptors (Lipinski definition) is 5. The molecule has 1 saturated heterocycles. The van der Waals surface area contributed by atoms with Crippen LogP contribution in [0, 0.1) is 5.82 Å². The van der Waals surface area contributed by atoms with Gasteiger partial charge in [0.1, 0.15) is 16.5 Å². The third kappa shape index (κ3) is 3.75. The van der Waals surface area contributed by atoms with E-state index in [0.717, 1.165) is 6.07 Å². The van der Waals surface area contributed by atoms with Gasteiger partial charge in [0.05, 0.1) is 13.2 Å². The number of hydrogen-bond donors (Lipinski definition) is 1. The Morgan fingerprint density at radius 3 is 2.50 bits per heavy atom. The van der Waals surface area contributed by atoms with E-state index in [1.165, 1.54) is 23.5 Å². The minimum absolute atomic E-state index is 0.132. The zero-order valence-corrected chi connectivity index (χ0v) is 13.5. The topological polar surface area (TPSA) is 70.1 Å². The lowest BCUT2D eigenvalue weighted by Gasteiger charge is -2.34. The van der Waals surface area contributed by atoms with Crippen molar-refractivity contribution in [3.8, 4) is 5.75 Å². The molecule has 124 valence electrons. The predicted octanol–water partition coefficient (Wildman–Crippen LogP) is 0.521. The molecule has 1 atom stereocenters. The van der Waals surface area contributed by atoms with Gasteiger partial charge in [-0.25, -0.2) is 12.8 Å². The van der Waals surface area contributed by atoms with E-state index in [1.807, 2.05) is 4.90 Å². The smallest absolute Gasteiger partial charge is 0.246 e. The first kappa shape index (κ1) is 17.1. The van der Waals surface area contributed by atoms with Crippen LogP contribution >= 0.6 is 0 Å². The number of sulfonamides is 1. The van der Waals surface area contributed by atoms with E-state index < -0.39 is 21.9 Å². The van der Waals surface area contributed by atoms with Crippen LogP contribution in [-0.4, -0.2) is 68.7 Å². The second-order valence-electron chi connectivity index (χ2n) is 5.35. The molecule has 0 amide bonds. The minimum atomic E-state index is -3.80. The molecule has 1 N–H and O–H groups in total. The third-order valence-electron chi connectivity index (χ3n) is 3.60. The summed E-state index contributed by atoms with van der Waals surface area (Å²) in [6, 6.07) is 3.46. The summed E-state index contributed by atoms with van der Waals surface area (Å²) in [5.41, 5.74) is 0. The highest BCUT2D eigenvalue weighted by Crippen LogP contribution is 2.28. The fraction of sp³-hybridized carbons (Fsp3) is 0.571. The van der Waals surface area contributed by atoms with Crippen LogP contribution in [-0.2, 0) is 10.0 Å². The van der Waals surface area contributed by atoms with Crippen molar-refractivity contribution in [2.75, 3.05) is 39.8 Å². The monoisotopic (exact) mass is 332 g/mol. The van der Waals surface area contributed by atoms with Crippen molar-refractivity contribution >= 4 is 10.0 Å². The van der Waals surface area contributed by atoms with E-state index in [0.29, 0.717) is 32.7 Å². The highest BCUT2D eigenvalue weighted by atomic mass is 32.2. The summed E-state index contributed by atoms with van der Waals surface area (Å²) in [6.07, 6.45) is -0.452. The lowest BCUT2D eigenvalue weighted by atomic mass is 10.3. The van der Waals surface area contributed by atoms with Gasteiger partial charge in [0.15, 0.2) is 0 Å². The largest absolute Gasteiger partial charge is 0.495 e. The Morgan fingerprint density at radius 1 is 1.32 bits per heavy atom. The number of nitrogens with zero attached hydrogens (tertiary/aromatic N) is 2. The van der Waals surface area contributed by atoms with Crippen LogP contribution in [0.5, 0.6) is 5.75 Å². The van der Waals surface area contributed by atoms with Crippen LogP contribution in [0.3, 0.4) is 0 Å². The van der Waals surface area contributed by atoms with Crippen LogP contribution in [0.1, 0.15) is 6.92 Å². The number of methoxy groups -OCH3 is 1. The summed E-state index contributed by atoms with van der Waals surface area (Å²) in [5, 5.41) is 9.38. The lowest BCUT2D eigenvalue weighted by molar-refractivity contribution is 0.103. The number of halogens is 1. The van der Waals surface area contributed by atoms with Gasteiger partial charge in [0, 0.05) is 32.7 Å². The molecule has 0 aliphatic carbocycles. The number of aliphatic hydroxyl groups excluding tert-OH is 1. The fourth-order valence-corrected chi connectivity index (χ4v) is 4.11. The highest BCUT2D eigenvalue weighted by Gasteiger charge is 2.31. The van der Waals surface area contributed by atoms with Crippen molar-refractivity contribution in [1.82, 2.24) is 9.21 Å². The molecule has 8 heteroatoms. The normalized spacial score (nSPS) is 19.1. The number of ether oxygens (including phenoxy) is 1. The number of rotatable bonds is 5. The van der Waals surface area contributed by atoms with Gasteiger partial charge in [-0.05, 0) is 25.1 Å². The number of aliphatic hydroxyl groups is 1. The van der Waals surface area contributed by atoms with E-state index in [-0.39, 0.29) is 10.6 Å². The number of benzene rings is 1. The van der Waals surface area contributed by atoms with Crippen molar-refractivity contribution < 1.29 is 22.7 Å². The first-order chi connectivity index (χ1) is 10.3. The first-order valence-electron chi connectivity index (χ1n) is 7.08. The van der Waals surface area contributed by atoms with Crippen molar-refractivity contribution in [3.63, 3.8) is 0 Å². The Labute approximate surface area is 130 Å². The number of piperazine rings is 1. The van der Waals surface area contributed by atoms with Gasteiger partial charge < -0.3 is 9.84 Å². The lowest BCUT2D eigenvalue weighted by Crippen LogP contribution is -2.50. The Hall–Kier alpha value is -1.22. The van der Waals surface area contributed by atoms with Crippen LogP contribution in [0.25, 0.3) is 0 Å². The van der Waals surface area contributed by atoms with E-state index in [2.05, 4.69) is 0 Å². The maximum Gasteiger partial charge on any atom is 0.246 e. The van der Waals surface area contributed by atoms with Crippen LogP contribution in [0.4, 0.5) is 4.39 Å². The van der Waals surface area contributed by atoms with E-state index in [4.69, 9.17) is 4.74 Å². The minimum Gasteiger partial charge on any atom is -0.495 e. The SMILES string of the molecule is COc1ccc(F)cc1S(=O)(=O)N1CCN(C[C@H](C)O)CC1. The zero-order chi connectivity index (χ0) is 16.3. The van der Waals surface area contributed by atoms with Crippen molar-refractivity contribution in [2.24, 2.45) is 0 Å². The van der Waals surface area contributed by atoms with Gasteiger partial charge in [-0.1, -0.05) is 0 Å². The summed E-state index contributed by atoms with van der Waals surface area (Å²) < 4.78 is 45.1. The average molecular weight is 332 g/mol. The van der Waals surface area contributed by atoms with Crippen molar-refractivity contribution in [2.45, 2.75) is 17.9 Å². The molecule has 6 nitrogen and oxygen atoms in total. The molecular formula is C14H21FN2O4S. The fourth-order valence-electron chi connectivity index (χ4n) is 2.52. The summed E-state index contributed by atoms with van der Waals surface area (Å²) in [6.45, 7) is 3.87. The Morgan fingerprint density at radius 2 is 1.95 bits per heavy atom. The van der Waals surface area contributed by atoms with Crippen molar-refractivity contribution in [3.05, 3.63) is 24.0 Å². The molecule has 22 heavy (non-hydrogen) atoms. The molecule has 1 aromatic carbocycles. The standard InChI is InChI=1S/C14H21FN2O4S/c1-11(18)10-16-5-7-17(8-6-16)22(19,20)14-9-12(15)3-4-13(14)21-2/h3-4,9,11,18H,5-8,10H2,1-2H3/t11-/m0/s1. The second kappa shape index (κ2) is 6.91. The second-order valence-corrected chi connectivity index (χ2v) is 7.26. The molecule has 0 saturated carbocycles. The molecule has 0 radical (unpaired) electrons. The molecule has 1 aliphatic rings. The molecule has 1 fully saturated rings.